The highest BCUT2D eigenvalue weighted by Crippen LogP contribution is 2.33. The maximum atomic E-state index is 14.7. The molecule has 1 aromatic carbocycles. The molecule has 0 saturated heterocycles. The van der Waals surface area contributed by atoms with Crippen molar-refractivity contribution < 1.29 is 18.3 Å². The number of nitrogens with one attached hydrogen (secondary N) is 1. The number of hydrogen-bond acceptors (Lipinski definition) is 6. The number of aromatic nitrogens is 4. The van der Waals surface area contributed by atoms with Gasteiger partial charge in [-0.2, -0.15) is 9.49 Å². The van der Waals surface area contributed by atoms with Crippen molar-refractivity contribution in [2.24, 2.45) is 12.8 Å². The molecule has 0 saturated carbocycles. The number of aryl methyl sites for hydroxylation is 1. The van der Waals surface area contributed by atoms with Gasteiger partial charge in [0.2, 0.25) is 5.95 Å². The van der Waals surface area contributed by atoms with E-state index in [1.165, 1.54) is 24.2 Å². The van der Waals surface area contributed by atoms with Gasteiger partial charge in [0.05, 0.1) is 41.3 Å². The fourth-order valence-corrected chi connectivity index (χ4v) is 3.67. The average Bonchev–Trinajstić information content (AvgIpc) is 3.12. The molecule has 170 valence electrons. The Morgan fingerprint density at radius 1 is 1.27 bits per heavy atom. The Labute approximate surface area is 188 Å². The van der Waals surface area contributed by atoms with Gasteiger partial charge in [-0.25, -0.2) is 9.37 Å². The lowest BCUT2D eigenvalue weighted by molar-refractivity contribution is 0.100. The van der Waals surface area contributed by atoms with E-state index < -0.39 is 23.7 Å². The van der Waals surface area contributed by atoms with Crippen molar-refractivity contribution in [1.82, 2.24) is 19.7 Å². The summed E-state index contributed by atoms with van der Waals surface area (Å²) in [6.07, 6.45) is 2.62. The highest BCUT2D eigenvalue weighted by atomic mass is 19.1. The second-order valence-corrected chi connectivity index (χ2v) is 7.62. The van der Waals surface area contributed by atoms with E-state index >= 15 is 0 Å². The van der Waals surface area contributed by atoms with Crippen LogP contribution in [-0.4, -0.2) is 32.8 Å². The minimum Gasteiger partial charge on any atom is -0.378 e. The molecule has 3 N–H and O–H groups in total. The van der Waals surface area contributed by atoms with Crippen molar-refractivity contribution in [3.8, 4) is 11.1 Å². The summed E-state index contributed by atoms with van der Waals surface area (Å²) in [5.74, 6) is -1.84. The Balaban J connectivity index is 1.83. The van der Waals surface area contributed by atoms with Crippen LogP contribution >= 0.6 is 0 Å². The van der Waals surface area contributed by atoms with Crippen LogP contribution in [0, 0.1) is 11.8 Å². The third kappa shape index (κ3) is 4.37. The lowest BCUT2D eigenvalue weighted by atomic mass is 10.0. The molecule has 0 aliphatic carbocycles. The predicted octanol–water partition coefficient (Wildman–Crippen LogP) is 3.73. The molecule has 0 aliphatic rings. The molecule has 8 nitrogen and oxygen atoms in total. The summed E-state index contributed by atoms with van der Waals surface area (Å²) in [6.45, 7) is 1.90. The highest BCUT2D eigenvalue weighted by Gasteiger charge is 2.21. The fraction of sp³-hybridized carbons (Fsp3) is 0.217. The number of benzene rings is 1. The molecular weight excluding hydrogens is 430 g/mol. The lowest BCUT2D eigenvalue weighted by Crippen LogP contribution is -2.17. The van der Waals surface area contributed by atoms with Crippen LogP contribution in [0.25, 0.3) is 22.0 Å². The van der Waals surface area contributed by atoms with E-state index in [9.17, 15) is 13.6 Å². The summed E-state index contributed by atoms with van der Waals surface area (Å²) >= 11 is 0. The zero-order valence-electron chi connectivity index (χ0n) is 18.3. The van der Waals surface area contributed by atoms with Crippen LogP contribution in [-0.2, 0) is 18.4 Å². The monoisotopic (exact) mass is 452 g/mol. The highest BCUT2D eigenvalue weighted by molar-refractivity contribution is 6.07. The Hall–Kier alpha value is -3.92. The minimum atomic E-state index is -0.706. The van der Waals surface area contributed by atoms with E-state index in [0.29, 0.717) is 27.8 Å². The Morgan fingerprint density at radius 2 is 2.06 bits per heavy atom. The first kappa shape index (κ1) is 22.3. The number of halogens is 2. The van der Waals surface area contributed by atoms with Gasteiger partial charge in [-0.3, -0.25) is 14.5 Å². The van der Waals surface area contributed by atoms with E-state index in [1.807, 2.05) is 0 Å². The number of hydrogen-bond donors (Lipinski definition) is 2. The average molecular weight is 452 g/mol. The van der Waals surface area contributed by atoms with Crippen LogP contribution in [0.3, 0.4) is 0 Å². The molecule has 4 rings (SSSR count). The number of rotatable bonds is 7. The van der Waals surface area contributed by atoms with Gasteiger partial charge in [0.15, 0.2) is 5.82 Å². The molecular formula is C23H22F2N6O2. The number of amides is 1. The van der Waals surface area contributed by atoms with E-state index in [0.717, 1.165) is 0 Å². The molecule has 0 radical (unpaired) electrons. The van der Waals surface area contributed by atoms with Gasteiger partial charge in [0, 0.05) is 31.3 Å². The number of fused-ring (bicyclic) bond motifs is 1. The number of pyridine rings is 2. The van der Waals surface area contributed by atoms with Crippen LogP contribution in [0.2, 0.25) is 0 Å². The molecule has 3 heterocycles. The first-order valence-electron chi connectivity index (χ1n) is 10.1. The molecule has 0 spiro atoms. The Bertz CT molecular complexity index is 1350. The first-order valence-corrected chi connectivity index (χ1v) is 10.1. The Kier molecular flexibility index (Phi) is 6.01. The van der Waals surface area contributed by atoms with Crippen LogP contribution in [0.1, 0.15) is 34.7 Å². The van der Waals surface area contributed by atoms with Gasteiger partial charge in [0.25, 0.3) is 5.91 Å². The van der Waals surface area contributed by atoms with Crippen molar-refractivity contribution in [2.45, 2.75) is 19.6 Å². The topological polar surface area (TPSA) is 108 Å². The SMILES string of the molecule is COCc1ccc(-c2ccc3ncc(C(N)=O)c(N[C@@H](C)c4nn(C)cc4F)c3c2)c(F)n1. The summed E-state index contributed by atoms with van der Waals surface area (Å²) in [6, 6.07) is 7.80. The molecule has 4 aromatic rings. The van der Waals surface area contributed by atoms with Crippen molar-refractivity contribution in [3.63, 3.8) is 0 Å². The minimum absolute atomic E-state index is 0.122. The van der Waals surface area contributed by atoms with E-state index in [4.69, 9.17) is 10.5 Å². The number of nitrogens with two attached hydrogens (primary N) is 1. The summed E-state index contributed by atoms with van der Waals surface area (Å²) in [7, 11) is 3.12. The molecule has 33 heavy (non-hydrogen) atoms. The molecule has 0 aliphatic heterocycles. The van der Waals surface area contributed by atoms with Crippen LogP contribution in [0.4, 0.5) is 14.5 Å². The van der Waals surface area contributed by atoms with Gasteiger partial charge in [-0.1, -0.05) is 6.07 Å². The number of carbonyl (C=O) groups excluding carboxylic acids is 1. The second-order valence-electron chi connectivity index (χ2n) is 7.62. The zero-order chi connectivity index (χ0) is 23.7. The summed E-state index contributed by atoms with van der Waals surface area (Å²) in [4.78, 5) is 20.4. The smallest absolute Gasteiger partial charge is 0.252 e. The summed E-state index contributed by atoms with van der Waals surface area (Å²) < 4.78 is 35.4. The largest absolute Gasteiger partial charge is 0.378 e. The van der Waals surface area contributed by atoms with Crippen LogP contribution in [0.15, 0.2) is 42.7 Å². The lowest BCUT2D eigenvalue weighted by Gasteiger charge is -2.18. The van der Waals surface area contributed by atoms with Gasteiger partial charge in [-0.15, -0.1) is 0 Å². The first-order chi connectivity index (χ1) is 15.8. The van der Waals surface area contributed by atoms with Gasteiger partial charge >= 0.3 is 0 Å². The molecule has 0 fully saturated rings. The number of methoxy groups -OCH3 is 1. The maximum absolute atomic E-state index is 14.7. The van der Waals surface area contributed by atoms with Crippen LogP contribution < -0.4 is 11.1 Å². The van der Waals surface area contributed by atoms with Crippen molar-refractivity contribution in [2.75, 3.05) is 12.4 Å². The Morgan fingerprint density at radius 3 is 2.70 bits per heavy atom. The third-order valence-corrected chi connectivity index (χ3v) is 5.22. The quantitative estimate of drug-likeness (QED) is 0.414. The summed E-state index contributed by atoms with van der Waals surface area (Å²) in [5.41, 5.74) is 8.05. The molecule has 1 amide bonds. The van der Waals surface area contributed by atoms with Gasteiger partial charge in [-0.05, 0) is 36.8 Å². The number of ether oxygens (including phenoxy) is 1. The number of primary amides is 1. The van der Waals surface area contributed by atoms with Crippen LogP contribution in [0.5, 0.6) is 0 Å². The van der Waals surface area contributed by atoms with E-state index in [2.05, 4.69) is 20.4 Å². The number of carbonyl (C=O) groups is 1. The maximum Gasteiger partial charge on any atom is 0.252 e. The third-order valence-electron chi connectivity index (χ3n) is 5.22. The fourth-order valence-electron chi connectivity index (χ4n) is 3.67. The van der Waals surface area contributed by atoms with Gasteiger partial charge in [0.1, 0.15) is 5.69 Å². The molecule has 1 atom stereocenters. The number of anilines is 1. The van der Waals surface area contributed by atoms with Crippen molar-refractivity contribution in [3.05, 3.63) is 71.4 Å². The normalized spacial score (nSPS) is 12.2. The molecule has 10 heteroatoms. The van der Waals surface area contributed by atoms with Crippen molar-refractivity contribution in [1.29, 1.82) is 0 Å². The molecule has 0 unspecified atom stereocenters. The van der Waals surface area contributed by atoms with E-state index in [1.54, 1.807) is 44.3 Å². The molecule has 0 bridgehead atoms. The molecule has 3 aromatic heterocycles. The second kappa shape index (κ2) is 8.91. The standard InChI is InChI=1S/C23H22F2N6O2/c1-12(20-18(24)10-31(2)30-20)28-21-16-8-13(4-7-19(16)27-9-17(21)23(26)32)15-6-5-14(11-33-3)29-22(15)25/h4-10,12H,11H2,1-3H3,(H2,26,32)(H,27,28)/t12-/m0/s1. The van der Waals surface area contributed by atoms with Gasteiger partial charge < -0.3 is 15.8 Å². The number of nitrogens with zero attached hydrogens (tertiary/aromatic N) is 4. The van der Waals surface area contributed by atoms with E-state index in [-0.39, 0.29) is 23.4 Å². The van der Waals surface area contributed by atoms with Crippen molar-refractivity contribution >= 4 is 22.5 Å². The predicted molar refractivity (Wildman–Crippen MR) is 119 cm³/mol. The summed E-state index contributed by atoms with van der Waals surface area (Å²) in [5, 5.41) is 7.80. The zero-order valence-corrected chi connectivity index (χ0v) is 18.3.